The number of rotatable bonds is 1. The number of halogens is 3. The maximum Gasteiger partial charge on any atom is 0.165 e. The summed E-state index contributed by atoms with van der Waals surface area (Å²) >= 11 is 0. The summed E-state index contributed by atoms with van der Waals surface area (Å²) in [6, 6.07) is 7.54. The highest BCUT2D eigenvalue weighted by Crippen LogP contribution is 2.41. The lowest BCUT2D eigenvalue weighted by Crippen LogP contribution is -2.20. The number of fused-ring (bicyclic) bond motifs is 1. The number of hydrogen-bond acceptors (Lipinski definition) is 2. The minimum atomic E-state index is -0.990. The largest absolute Gasteiger partial charge is 0.485 e. The third-order valence-corrected chi connectivity index (χ3v) is 3.37. The average Bonchev–Trinajstić information content (AvgIpc) is 2.42. The molecule has 2 aromatic rings. The van der Waals surface area contributed by atoms with Crippen LogP contribution in [0.15, 0.2) is 36.4 Å². The monoisotopic (exact) mass is 280 g/mol. The lowest BCUT2D eigenvalue weighted by molar-refractivity contribution is 0.0632. The van der Waals surface area contributed by atoms with Crippen LogP contribution in [-0.4, -0.2) is 5.11 Å². The zero-order valence-corrected chi connectivity index (χ0v) is 10.3. The Morgan fingerprint density at radius 3 is 2.65 bits per heavy atom. The van der Waals surface area contributed by atoms with E-state index in [1.807, 2.05) is 0 Å². The van der Waals surface area contributed by atoms with Crippen LogP contribution in [0.2, 0.25) is 0 Å². The third-order valence-electron chi connectivity index (χ3n) is 3.37. The van der Waals surface area contributed by atoms with Gasteiger partial charge in [-0.3, -0.25) is 0 Å². The van der Waals surface area contributed by atoms with E-state index in [9.17, 15) is 18.3 Å². The van der Waals surface area contributed by atoms with Crippen molar-refractivity contribution in [3.05, 3.63) is 65.0 Å². The van der Waals surface area contributed by atoms with Crippen molar-refractivity contribution in [3.63, 3.8) is 0 Å². The Labute approximate surface area is 113 Å². The van der Waals surface area contributed by atoms with E-state index in [4.69, 9.17) is 4.74 Å². The molecule has 0 aromatic heterocycles. The number of hydrogen-bond donors (Lipinski definition) is 1. The molecule has 0 saturated heterocycles. The number of aliphatic hydroxyl groups is 1. The molecule has 1 N–H and O–H groups in total. The van der Waals surface area contributed by atoms with Crippen LogP contribution < -0.4 is 4.74 Å². The maximum absolute atomic E-state index is 13.8. The Balaban J connectivity index is 1.99. The molecule has 0 amide bonds. The van der Waals surface area contributed by atoms with Crippen LogP contribution in [0.25, 0.3) is 0 Å². The second kappa shape index (κ2) is 4.83. The fourth-order valence-electron chi connectivity index (χ4n) is 2.38. The van der Waals surface area contributed by atoms with Crippen LogP contribution in [-0.2, 0) is 0 Å². The van der Waals surface area contributed by atoms with Gasteiger partial charge in [-0.15, -0.1) is 0 Å². The summed E-state index contributed by atoms with van der Waals surface area (Å²) in [4.78, 5) is 0. The van der Waals surface area contributed by atoms with Crippen molar-refractivity contribution in [2.45, 2.75) is 18.6 Å². The molecule has 0 aliphatic carbocycles. The molecule has 20 heavy (non-hydrogen) atoms. The molecule has 0 spiro atoms. The van der Waals surface area contributed by atoms with Crippen LogP contribution in [0.4, 0.5) is 13.2 Å². The quantitative estimate of drug-likeness (QED) is 0.863. The van der Waals surface area contributed by atoms with E-state index in [1.165, 1.54) is 30.3 Å². The van der Waals surface area contributed by atoms with Crippen molar-refractivity contribution >= 4 is 0 Å². The van der Waals surface area contributed by atoms with Crippen molar-refractivity contribution in [1.29, 1.82) is 0 Å². The highest BCUT2D eigenvalue weighted by molar-refractivity contribution is 5.39. The topological polar surface area (TPSA) is 29.5 Å². The van der Waals surface area contributed by atoms with Gasteiger partial charge in [-0.25, -0.2) is 13.2 Å². The molecule has 1 heterocycles. The zero-order valence-electron chi connectivity index (χ0n) is 10.3. The Bertz CT molecular complexity index is 658. The molecule has 0 fully saturated rings. The minimum Gasteiger partial charge on any atom is -0.485 e. The standard InChI is InChI=1S/C15H11F3O2/c16-8-4-5-13-10(6-8)12(19)7-14(20-13)9-2-1-3-11(17)15(9)18/h1-6,12,14,19H,7H2. The molecule has 5 heteroatoms. The summed E-state index contributed by atoms with van der Waals surface area (Å²) in [7, 11) is 0. The van der Waals surface area contributed by atoms with Gasteiger partial charge in [0.1, 0.15) is 17.7 Å². The lowest BCUT2D eigenvalue weighted by atomic mass is 9.94. The van der Waals surface area contributed by atoms with Gasteiger partial charge in [0.25, 0.3) is 0 Å². The highest BCUT2D eigenvalue weighted by atomic mass is 19.2. The zero-order chi connectivity index (χ0) is 14.3. The highest BCUT2D eigenvalue weighted by Gasteiger charge is 2.30. The first-order valence-corrected chi connectivity index (χ1v) is 6.14. The molecule has 1 aliphatic heterocycles. The van der Waals surface area contributed by atoms with Crippen LogP contribution in [0.1, 0.15) is 29.8 Å². The van der Waals surface area contributed by atoms with Crippen LogP contribution in [0.3, 0.4) is 0 Å². The van der Waals surface area contributed by atoms with Gasteiger partial charge in [-0.05, 0) is 24.3 Å². The average molecular weight is 280 g/mol. The molecule has 1 aliphatic rings. The second-order valence-electron chi connectivity index (χ2n) is 4.68. The Morgan fingerprint density at radius 1 is 1.05 bits per heavy atom. The van der Waals surface area contributed by atoms with Gasteiger partial charge in [0.05, 0.1) is 6.10 Å². The lowest BCUT2D eigenvalue weighted by Gasteiger charge is -2.30. The number of ether oxygens (including phenoxy) is 1. The summed E-state index contributed by atoms with van der Waals surface area (Å²) in [6.45, 7) is 0. The maximum atomic E-state index is 13.8. The number of aliphatic hydroxyl groups excluding tert-OH is 1. The van der Waals surface area contributed by atoms with Gasteiger partial charge in [0.15, 0.2) is 11.6 Å². The fourth-order valence-corrected chi connectivity index (χ4v) is 2.38. The molecule has 2 atom stereocenters. The Kier molecular flexibility index (Phi) is 3.14. The van der Waals surface area contributed by atoms with Gasteiger partial charge in [-0.1, -0.05) is 12.1 Å². The molecule has 2 aromatic carbocycles. The normalized spacial score (nSPS) is 21.2. The molecule has 3 rings (SSSR count). The van der Waals surface area contributed by atoms with Gasteiger partial charge >= 0.3 is 0 Å². The molecule has 2 nitrogen and oxygen atoms in total. The van der Waals surface area contributed by atoms with Crippen LogP contribution in [0, 0.1) is 17.5 Å². The van der Waals surface area contributed by atoms with Crippen molar-refractivity contribution in [3.8, 4) is 5.75 Å². The van der Waals surface area contributed by atoms with Crippen LogP contribution in [0.5, 0.6) is 5.75 Å². The van der Waals surface area contributed by atoms with E-state index >= 15 is 0 Å². The minimum absolute atomic E-state index is 0.0385. The van der Waals surface area contributed by atoms with E-state index in [1.54, 1.807) is 0 Å². The molecule has 0 bridgehead atoms. The van der Waals surface area contributed by atoms with Gasteiger partial charge in [0.2, 0.25) is 0 Å². The smallest absolute Gasteiger partial charge is 0.165 e. The predicted molar refractivity (Wildman–Crippen MR) is 65.7 cm³/mol. The second-order valence-corrected chi connectivity index (χ2v) is 4.68. The molecular formula is C15H11F3O2. The van der Waals surface area contributed by atoms with Crippen molar-refractivity contribution < 1.29 is 23.0 Å². The molecule has 0 saturated carbocycles. The Hall–Kier alpha value is -2.01. The van der Waals surface area contributed by atoms with Gasteiger partial charge in [-0.2, -0.15) is 0 Å². The molecule has 104 valence electrons. The fraction of sp³-hybridized carbons (Fsp3) is 0.200. The van der Waals surface area contributed by atoms with E-state index in [0.29, 0.717) is 5.56 Å². The SMILES string of the molecule is OC1CC(c2cccc(F)c2F)Oc2ccc(F)cc21. The van der Waals surface area contributed by atoms with Crippen molar-refractivity contribution in [2.24, 2.45) is 0 Å². The van der Waals surface area contributed by atoms with Crippen LogP contribution >= 0.6 is 0 Å². The first-order valence-electron chi connectivity index (χ1n) is 6.14. The van der Waals surface area contributed by atoms with E-state index in [2.05, 4.69) is 0 Å². The van der Waals surface area contributed by atoms with E-state index in [0.717, 1.165) is 6.07 Å². The van der Waals surface area contributed by atoms with E-state index < -0.39 is 29.7 Å². The number of benzene rings is 2. The van der Waals surface area contributed by atoms with Gasteiger partial charge in [0, 0.05) is 17.5 Å². The summed E-state index contributed by atoms with van der Waals surface area (Å²) in [5.74, 6) is -2.17. The van der Waals surface area contributed by atoms with Crippen molar-refractivity contribution in [2.75, 3.05) is 0 Å². The third kappa shape index (κ3) is 2.14. The summed E-state index contributed by atoms with van der Waals surface area (Å²) < 4.78 is 45.7. The molecule has 0 radical (unpaired) electrons. The molecule has 2 unspecified atom stereocenters. The summed E-state index contributed by atoms with van der Waals surface area (Å²) in [5, 5.41) is 10.0. The van der Waals surface area contributed by atoms with Gasteiger partial charge < -0.3 is 9.84 Å². The Morgan fingerprint density at radius 2 is 1.85 bits per heavy atom. The van der Waals surface area contributed by atoms with E-state index in [-0.39, 0.29) is 17.7 Å². The first-order chi connectivity index (χ1) is 9.56. The molecular weight excluding hydrogens is 269 g/mol. The predicted octanol–water partition coefficient (Wildman–Crippen LogP) is 3.66. The summed E-state index contributed by atoms with van der Waals surface area (Å²) in [5.41, 5.74) is 0.358. The first kappa shape index (κ1) is 13.0. The van der Waals surface area contributed by atoms with Crippen molar-refractivity contribution in [1.82, 2.24) is 0 Å². The summed E-state index contributed by atoms with van der Waals surface area (Å²) in [6.07, 6.45) is -1.75.